The minimum absolute atomic E-state index is 0.0816. The number of fused-ring (bicyclic) bond motifs is 1. The number of nitrogens with one attached hydrogen (secondary N) is 4. The van der Waals surface area contributed by atoms with Gasteiger partial charge in [0.2, 0.25) is 11.5 Å². The van der Waals surface area contributed by atoms with E-state index in [0.29, 0.717) is 6.54 Å². The Morgan fingerprint density at radius 1 is 1.03 bits per heavy atom. The lowest BCUT2D eigenvalue weighted by Gasteiger charge is -2.11. The first-order chi connectivity index (χ1) is 14.7. The van der Waals surface area contributed by atoms with E-state index in [0.717, 1.165) is 18.2 Å². The maximum Gasteiger partial charge on any atom is 0.261 e. The van der Waals surface area contributed by atoms with Crippen LogP contribution in [0.25, 0.3) is 10.9 Å². The molecule has 3 rings (SSSR count). The van der Waals surface area contributed by atoms with E-state index in [4.69, 9.17) is 0 Å². The average Bonchev–Trinajstić information content (AvgIpc) is 2.72. The van der Waals surface area contributed by atoms with Crippen LogP contribution in [0.15, 0.2) is 58.2 Å². The summed E-state index contributed by atoms with van der Waals surface area (Å²) < 4.78 is 40.8. The van der Waals surface area contributed by atoms with Crippen LogP contribution in [-0.4, -0.2) is 38.3 Å². The van der Waals surface area contributed by atoms with Crippen LogP contribution in [0.2, 0.25) is 0 Å². The zero-order chi connectivity index (χ0) is 22.6. The van der Waals surface area contributed by atoms with Gasteiger partial charge in [0.15, 0.2) is 0 Å². The molecular formula is C20H19FN4O5S. The van der Waals surface area contributed by atoms with Gasteiger partial charge in [-0.3, -0.25) is 19.1 Å². The number of anilines is 1. The number of H-pyrrole nitrogens is 1. The summed E-state index contributed by atoms with van der Waals surface area (Å²) in [6, 6.07) is 9.64. The van der Waals surface area contributed by atoms with Crippen molar-refractivity contribution in [1.29, 1.82) is 0 Å². The number of benzene rings is 2. The first-order valence-corrected chi connectivity index (χ1v) is 10.7. The maximum atomic E-state index is 13.1. The first-order valence-electron chi connectivity index (χ1n) is 9.20. The predicted molar refractivity (Wildman–Crippen MR) is 113 cm³/mol. The summed E-state index contributed by atoms with van der Waals surface area (Å²) in [6.07, 6.45) is 0. The number of rotatable bonds is 7. The summed E-state index contributed by atoms with van der Waals surface area (Å²) in [5.41, 5.74) is -0.239. The van der Waals surface area contributed by atoms with Crippen molar-refractivity contribution >= 4 is 38.4 Å². The number of sulfonamides is 1. The van der Waals surface area contributed by atoms with Gasteiger partial charge in [-0.15, -0.1) is 0 Å². The molecule has 0 bridgehead atoms. The standard InChI is InChI=1S/C20H19FN4O5S/c1-2-22-19(27)11-23-20(28)16-10-18(26)24-17-8-7-14(9-15(16)17)31(29,30)25-13-5-3-12(21)4-6-13/h3-10,25H,2,11H2,1H3,(H,22,27)(H,23,28)(H,24,26). The van der Waals surface area contributed by atoms with E-state index in [1.807, 2.05) is 0 Å². The average molecular weight is 446 g/mol. The molecule has 1 heterocycles. The number of aromatic amines is 1. The Labute approximate surface area is 176 Å². The van der Waals surface area contributed by atoms with Crippen molar-refractivity contribution in [2.45, 2.75) is 11.8 Å². The molecule has 31 heavy (non-hydrogen) atoms. The van der Waals surface area contributed by atoms with E-state index < -0.39 is 33.2 Å². The van der Waals surface area contributed by atoms with Crippen molar-refractivity contribution in [2.24, 2.45) is 0 Å². The zero-order valence-corrected chi connectivity index (χ0v) is 17.2. The predicted octanol–water partition coefficient (Wildman–Crippen LogP) is 1.33. The summed E-state index contributed by atoms with van der Waals surface area (Å²) in [5, 5.41) is 5.10. The molecule has 0 radical (unpaired) electrons. The van der Waals surface area contributed by atoms with E-state index in [9.17, 15) is 27.2 Å². The quantitative estimate of drug-likeness (QED) is 0.434. The molecule has 162 valence electrons. The maximum absolute atomic E-state index is 13.1. The highest BCUT2D eigenvalue weighted by Crippen LogP contribution is 2.22. The number of halogens is 1. The van der Waals surface area contributed by atoms with Crippen LogP contribution in [0, 0.1) is 5.82 Å². The van der Waals surface area contributed by atoms with E-state index in [2.05, 4.69) is 20.3 Å². The second kappa shape index (κ2) is 8.96. The van der Waals surface area contributed by atoms with Crippen molar-refractivity contribution in [3.63, 3.8) is 0 Å². The van der Waals surface area contributed by atoms with Crippen molar-refractivity contribution in [3.8, 4) is 0 Å². The van der Waals surface area contributed by atoms with E-state index in [1.165, 1.54) is 30.3 Å². The lowest BCUT2D eigenvalue weighted by Crippen LogP contribution is -2.37. The molecule has 0 aliphatic heterocycles. The first kappa shape index (κ1) is 22.0. The normalized spacial score (nSPS) is 11.2. The minimum atomic E-state index is -4.06. The number of carbonyl (C=O) groups is 2. The van der Waals surface area contributed by atoms with Gasteiger partial charge >= 0.3 is 0 Å². The van der Waals surface area contributed by atoms with Crippen molar-refractivity contribution in [1.82, 2.24) is 15.6 Å². The molecule has 1 aromatic heterocycles. The molecule has 11 heteroatoms. The number of pyridine rings is 1. The van der Waals surface area contributed by atoms with Crippen LogP contribution >= 0.6 is 0 Å². The highest BCUT2D eigenvalue weighted by molar-refractivity contribution is 7.92. The number of aromatic nitrogens is 1. The molecule has 4 N–H and O–H groups in total. The molecule has 2 amide bonds. The van der Waals surface area contributed by atoms with Crippen LogP contribution in [0.5, 0.6) is 0 Å². The molecule has 0 saturated heterocycles. The van der Waals surface area contributed by atoms with Gasteiger partial charge in [0.1, 0.15) is 5.82 Å². The van der Waals surface area contributed by atoms with Crippen molar-refractivity contribution < 1.29 is 22.4 Å². The summed E-state index contributed by atoms with van der Waals surface area (Å²) in [5.74, 6) is -1.62. The fourth-order valence-corrected chi connectivity index (χ4v) is 3.92. The third-order valence-electron chi connectivity index (χ3n) is 4.25. The monoisotopic (exact) mass is 446 g/mol. The molecule has 0 atom stereocenters. The lowest BCUT2D eigenvalue weighted by molar-refractivity contribution is -0.120. The Morgan fingerprint density at radius 3 is 2.42 bits per heavy atom. The Hall–Kier alpha value is -3.73. The van der Waals surface area contributed by atoms with E-state index in [-0.39, 0.29) is 33.6 Å². The van der Waals surface area contributed by atoms with Gasteiger partial charge in [0.25, 0.3) is 15.9 Å². The smallest absolute Gasteiger partial charge is 0.261 e. The van der Waals surface area contributed by atoms with Gasteiger partial charge < -0.3 is 15.6 Å². The van der Waals surface area contributed by atoms with E-state index in [1.54, 1.807) is 6.92 Å². The van der Waals surface area contributed by atoms with Crippen molar-refractivity contribution in [2.75, 3.05) is 17.8 Å². The third-order valence-corrected chi connectivity index (χ3v) is 5.63. The highest BCUT2D eigenvalue weighted by atomic mass is 32.2. The number of likely N-dealkylation sites (N-methyl/N-ethyl adjacent to an activating group) is 1. The topological polar surface area (TPSA) is 137 Å². The van der Waals surface area contributed by atoms with E-state index >= 15 is 0 Å². The lowest BCUT2D eigenvalue weighted by atomic mass is 10.1. The Morgan fingerprint density at radius 2 is 1.74 bits per heavy atom. The Kier molecular flexibility index (Phi) is 6.35. The summed E-state index contributed by atoms with van der Waals surface area (Å²) >= 11 is 0. The SMILES string of the molecule is CCNC(=O)CNC(=O)c1cc(=O)[nH]c2ccc(S(=O)(=O)Nc3ccc(F)cc3)cc12. The summed E-state index contributed by atoms with van der Waals surface area (Å²) in [7, 11) is -4.06. The molecule has 2 aromatic carbocycles. The van der Waals surface area contributed by atoms with Crippen LogP contribution in [-0.2, 0) is 14.8 Å². The second-order valence-electron chi connectivity index (χ2n) is 6.50. The molecule has 0 unspecified atom stereocenters. The molecule has 0 spiro atoms. The van der Waals surface area contributed by atoms with Gasteiger partial charge in [0.05, 0.1) is 17.0 Å². The van der Waals surface area contributed by atoms with Crippen LogP contribution in [0.4, 0.5) is 10.1 Å². The number of carbonyl (C=O) groups excluding carboxylic acids is 2. The number of amides is 2. The number of hydrogen-bond acceptors (Lipinski definition) is 5. The third kappa shape index (κ3) is 5.25. The summed E-state index contributed by atoms with van der Waals surface area (Å²) in [6.45, 7) is 1.82. The second-order valence-corrected chi connectivity index (χ2v) is 8.19. The van der Waals surface area contributed by atoms with Gasteiger partial charge in [0, 0.05) is 29.2 Å². The van der Waals surface area contributed by atoms with Crippen LogP contribution < -0.4 is 20.9 Å². The van der Waals surface area contributed by atoms with Gasteiger partial charge in [-0.1, -0.05) is 0 Å². The highest BCUT2D eigenvalue weighted by Gasteiger charge is 2.18. The fraction of sp³-hybridized carbons (Fsp3) is 0.150. The molecule has 9 nitrogen and oxygen atoms in total. The van der Waals surface area contributed by atoms with Crippen LogP contribution in [0.3, 0.4) is 0 Å². The largest absolute Gasteiger partial charge is 0.355 e. The van der Waals surface area contributed by atoms with Gasteiger partial charge in [-0.2, -0.15) is 0 Å². The molecule has 0 aliphatic rings. The van der Waals surface area contributed by atoms with Gasteiger partial charge in [-0.25, -0.2) is 12.8 Å². The molecule has 0 aliphatic carbocycles. The van der Waals surface area contributed by atoms with Gasteiger partial charge in [-0.05, 0) is 49.4 Å². The van der Waals surface area contributed by atoms with Crippen LogP contribution in [0.1, 0.15) is 17.3 Å². The fourth-order valence-electron chi connectivity index (χ4n) is 2.84. The summed E-state index contributed by atoms with van der Waals surface area (Å²) in [4.78, 5) is 38.4. The molecule has 0 saturated carbocycles. The minimum Gasteiger partial charge on any atom is -0.355 e. The number of hydrogen-bond donors (Lipinski definition) is 4. The zero-order valence-electron chi connectivity index (χ0n) is 16.4. The molecule has 3 aromatic rings. The molecule has 0 fully saturated rings. The van der Waals surface area contributed by atoms with Crippen molar-refractivity contribution in [3.05, 3.63) is 70.3 Å². The Bertz CT molecular complexity index is 1300. The Balaban J connectivity index is 1.96. The molecular weight excluding hydrogens is 427 g/mol.